The predicted molar refractivity (Wildman–Crippen MR) is 101 cm³/mol. The first-order chi connectivity index (χ1) is 9.95. The molecule has 1 N–H and O–H groups in total. The fourth-order valence-corrected chi connectivity index (χ4v) is 3.95. The summed E-state index contributed by atoms with van der Waals surface area (Å²) in [6, 6.07) is 0. The first-order valence-corrected chi connectivity index (χ1v) is 9.75. The summed E-state index contributed by atoms with van der Waals surface area (Å²) >= 11 is 4.24. The van der Waals surface area contributed by atoms with E-state index in [1.807, 2.05) is 0 Å². The quantitative estimate of drug-likeness (QED) is 0.340. The smallest absolute Gasteiger partial charge is 0.118 e. The minimum absolute atomic E-state index is 0.403. The van der Waals surface area contributed by atoms with Gasteiger partial charge in [-0.1, -0.05) is 84.3 Å². The lowest BCUT2D eigenvalue weighted by Gasteiger charge is -2.36. The Labute approximate surface area is 140 Å². The van der Waals surface area contributed by atoms with E-state index in [-0.39, 0.29) is 0 Å². The highest BCUT2D eigenvalue weighted by atomic mass is 32.1. The third-order valence-electron chi connectivity index (χ3n) is 5.42. The van der Waals surface area contributed by atoms with Crippen LogP contribution in [0.1, 0.15) is 79.1 Å². The molecule has 0 aliphatic heterocycles. The average molecular weight is 310 g/mol. The molecule has 0 aromatic heterocycles. The fourth-order valence-electron chi connectivity index (χ4n) is 3.82. The van der Waals surface area contributed by atoms with Gasteiger partial charge in [0.15, 0.2) is 0 Å². The third kappa shape index (κ3) is 7.97. The standard InChI is InChI=1S/C18H37BNS/c1-15(13-20-14-21)12-18(3,4)16(2)19-17-10-8-6-5-7-9-11-17/h15-17,20-21H,5-14H2,1-4H3. The second kappa shape index (κ2) is 10.2. The molecule has 1 aliphatic carbocycles. The van der Waals surface area contributed by atoms with Crippen molar-refractivity contribution in [2.45, 2.75) is 90.7 Å². The SMILES string of the molecule is CC(CNCS)CC(C)(C)C(C)[B]C1CCCCCCC1. The number of thiol groups is 1. The molecule has 0 spiro atoms. The summed E-state index contributed by atoms with van der Waals surface area (Å²) in [5, 5.41) is 3.36. The Balaban J connectivity index is 2.40. The van der Waals surface area contributed by atoms with E-state index in [1.165, 1.54) is 51.4 Å². The molecule has 123 valence electrons. The maximum absolute atomic E-state index is 4.24. The Kier molecular flexibility index (Phi) is 9.44. The van der Waals surface area contributed by atoms with Gasteiger partial charge in [0, 0.05) is 5.88 Å². The second-order valence-corrected chi connectivity index (χ2v) is 8.31. The van der Waals surface area contributed by atoms with Crippen molar-refractivity contribution < 1.29 is 0 Å². The molecule has 0 aromatic rings. The van der Waals surface area contributed by atoms with Crippen LogP contribution in [0.25, 0.3) is 0 Å². The summed E-state index contributed by atoms with van der Waals surface area (Å²) in [7, 11) is 2.70. The van der Waals surface area contributed by atoms with Crippen LogP contribution in [0.2, 0.25) is 11.6 Å². The van der Waals surface area contributed by atoms with E-state index >= 15 is 0 Å². The van der Waals surface area contributed by atoms with Gasteiger partial charge in [0.1, 0.15) is 7.28 Å². The summed E-state index contributed by atoms with van der Waals surface area (Å²) in [6.07, 6.45) is 11.4. The van der Waals surface area contributed by atoms with Crippen LogP contribution in [-0.4, -0.2) is 19.7 Å². The van der Waals surface area contributed by atoms with Crippen LogP contribution in [0, 0.1) is 11.3 Å². The van der Waals surface area contributed by atoms with Crippen molar-refractivity contribution in [2.24, 2.45) is 11.3 Å². The minimum Gasteiger partial charge on any atom is -0.308 e. The molecule has 21 heavy (non-hydrogen) atoms. The summed E-state index contributed by atoms with van der Waals surface area (Å²) in [5.74, 6) is 3.08. The van der Waals surface area contributed by atoms with Crippen LogP contribution in [0.5, 0.6) is 0 Å². The van der Waals surface area contributed by atoms with Gasteiger partial charge in [0.05, 0.1) is 0 Å². The molecule has 1 radical (unpaired) electrons. The van der Waals surface area contributed by atoms with Crippen LogP contribution in [-0.2, 0) is 0 Å². The van der Waals surface area contributed by atoms with E-state index in [1.54, 1.807) is 0 Å². The van der Waals surface area contributed by atoms with Crippen molar-refractivity contribution in [3.63, 3.8) is 0 Å². The zero-order valence-electron chi connectivity index (χ0n) is 14.8. The van der Waals surface area contributed by atoms with E-state index in [0.717, 1.165) is 24.2 Å². The number of rotatable bonds is 8. The van der Waals surface area contributed by atoms with E-state index in [0.29, 0.717) is 11.2 Å². The lowest BCUT2D eigenvalue weighted by Crippen LogP contribution is -2.30. The molecule has 1 rings (SSSR count). The maximum Gasteiger partial charge on any atom is 0.118 e. The van der Waals surface area contributed by atoms with Gasteiger partial charge in [-0.3, -0.25) is 0 Å². The fraction of sp³-hybridized carbons (Fsp3) is 1.00. The van der Waals surface area contributed by atoms with Crippen molar-refractivity contribution in [3.05, 3.63) is 0 Å². The topological polar surface area (TPSA) is 12.0 Å². The predicted octanol–water partition coefficient (Wildman–Crippen LogP) is 5.56. The Morgan fingerprint density at radius 2 is 1.67 bits per heavy atom. The maximum atomic E-state index is 4.24. The minimum atomic E-state index is 0.403. The lowest BCUT2D eigenvalue weighted by molar-refractivity contribution is 0.261. The zero-order chi connectivity index (χ0) is 15.7. The molecule has 0 bridgehead atoms. The van der Waals surface area contributed by atoms with Crippen LogP contribution in [0.15, 0.2) is 0 Å². The number of nitrogens with one attached hydrogen (secondary N) is 1. The average Bonchev–Trinajstić information content (AvgIpc) is 2.38. The molecule has 1 nitrogen and oxygen atoms in total. The number of hydrogen-bond donors (Lipinski definition) is 2. The molecular weight excluding hydrogens is 273 g/mol. The summed E-state index contributed by atoms with van der Waals surface area (Å²) in [4.78, 5) is 0. The normalized spacial score (nSPS) is 21.4. The molecule has 2 unspecified atom stereocenters. The molecule has 1 saturated carbocycles. The highest BCUT2D eigenvalue weighted by Crippen LogP contribution is 2.41. The number of hydrogen-bond acceptors (Lipinski definition) is 2. The molecule has 2 atom stereocenters. The largest absolute Gasteiger partial charge is 0.308 e. The van der Waals surface area contributed by atoms with Crippen molar-refractivity contribution in [1.82, 2.24) is 5.32 Å². The molecule has 1 fully saturated rings. The van der Waals surface area contributed by atoms with Crippen molar-refractivity contribution in [2.75, 3.05) is 12.4 Å². The monoisotopic (exact) mass is 310 g/mol. The van der Waals surface area contributed by atoms with Gasteiger partial charge >= 0.3 is 0 Å². The first-order valence-electron chi connectivity index (χ1n) is 9.12. The van der Waals surface area contributed by atoms with Crippen LogP contribution in [0.4, 0.5) is 0 Å². The van der Waals surface area contributed by atoms with E-state index < -0.39 is 0 Å². The summed E-state index contributed by atoms with van der Waals surface area (Å²) in [5.41, 5.74) is 0.403. The molecule has 0 amide bonds. The summed E-state index contributed by atoms with van der Waals surface area (Å²) in [6.45, 7) is 10.8. The van der Waals surface area contributed by atoms with Crippen molar-refractivity contribution >= 4 is 19.9 Å². The van der Waals surface area contributed by atoms with Crippen molar-refractivity contribution in [1.29, 1.82) is 0 Å². The Hall–Kier alpha value is 0.375. The van der Waals surface area contributed by atoms with Gasteiger partial charge < -0.3 is 5.32 Å². The lowest BCUT2D eigenvalue weighted by atomic mass is 9.46. The molecule has 0 heterocycles. The second-order valence-electron chi connectivity index (χ2n) is 8.00. The van der Waals surface area contributed by atoms with Gasteiger partial charge in [-0.25, -0.2) is 0 Å². The molecular formula is C18H37BNS. The molecule has 1 aliphatic rings. The molecule has 0 saturated heterocycles. The van der Waals surface area contributed by atoms with Crippen molar-refractivity contribution in [3.8, 4) is 0 Å². The van der Waals surface area contributed by atoms with Gasteiger partial charge in [0.25, 0.3) is 0 Å². The van der Waals surface area contributed by atoms with E-state index in [4.69, 9.17) is 0 Å². The summed E-state index contributed by atoms with van der Waals surface area (Å²) < 4.78 is 0. The zero-order valence-corrected chi connectivity index (χ0v) is 15.7. The van der Waals surface area contributed by atoms with Gasteiger partial charge in [0.2, 0.25) is 0 Å². The highest BCUT2D eigenvalue weighted by Gasteiger charge is 2.30. The van der Waals surface area contributed by atoms with Crippen LogP contribution in [0.3, 0.4) is 0 Å². The van der Waals surface area contributed by atoms with Gasteiger partial charge in [-0.15, -0.1) is 0 Å². The van der Waals surface area contributed by atoms with E-state index in [2.05, 4.69) is 52.9 Å². The molecule has 3 heteroatoms. The van der Waals surface area contributed by atoms with Gasteiger partial charge in [-0.05, 0) is 24.3 Å². The van der Waals surface area contributed by atoms with E-state index in [9.17, 15) is 0 Å². The highest BCUT2D eigenvalue weighted by molar-refractivity contribution is 7.80. The Morgan fingerprint density at radius 3 is 2.24 bits per heavy atom. The van der Waals surface area contributed by atoms with Gasteiger partial charge in [-0.2, -0.15) is 12.6 Å². The first kappa shape index (κ1) is 19.4. The Bertz CT molecular complexity index is 262. The third-order valence-corrected chi connectivity index (χ3v) is 5.65. The molecule has 0 aromatic carbocycles. The Morgan fingerprint density at radius 1 is 1.10 bits per heavy atom. The van der Waals surface area contributed by atoms with Crippen LogP contribution < -0.4 is 5.32 Å². The van der Waals surface area contributed by atoms with Crippen LogP contribution >= 0.6 is 12.6 Å².